The molecule has 1 atom stereocenters. The molecule has 0 amide bonds. The minimum Gasteiger partial charge on any atom is -0.383 e. The molecule has 0 saturated heterocycles. The summed E-state index contributed by atoms with van der Waals surface area (Å²) in [5, 5.41) is 8.56. The Morgan fingerprint density at radius 3 is 2.10 bits per heavy atom. The molecule has 2 rings (SSSR count). The maximum absolute atomic E-state index is 13.0. The molecule has 0 bridgehead atoms. The molecule has 0 aliphatic carbocycles. The van der Waals surface area contributed by atoms with E-state index in [4.69, 9.17) is 0 Å². The lowest BCUT2D eigenvalue weighted by atomic mass is 10.1. The summed E-state index contributed by atoms with van der Waals surface area (Å²) in [6, 6.07) is 1.02. The quantitative estimate of drug-likeness (QED) is 0.678. The summed E-state index contributed by atoms with van der Waals surface area (Å²) in [7, 11) is 0. The zero-order valence-corrected chi connectivity index (χ0v) is 10.2. The van der Waals surface area contributed by atoms with Gasteiger partial charge in [0, 0.05) is 6.20 Å². The zero-order valence-electron chi connectivity index (χ0n) is 9.38. The Hall–Kier alpha value is -1.61. The molecule has 1 aromatic heterocycles. The van der Waals surface area contributed by atoms with Crippen LogP contribution in [0.25, 0.3) is 0 Å². The Morgan fingerprint density at radius 1 is 1.10 bits per heavy atom. The Morgan fingerprint density at radius 2 is 1.65 bits per heavy atom. The van der Waals surface area contributed by atoms with Gasteiger partial charge in [-0.25, -0.2) is 18.2 Å². The number of aromatic nitrogens is 1. The Kier molecular flexibility index (Phi) is 3.74. The van der Waals surface area contributed by atoms with Gasteiger partial charge in [-0.05, 0) is 17.7 Å². The van der Waals surface area contributed by atoms with E-state index in [1.807, 2.05) is 0 Å². The second kappa shape index (κ2) is 5.06. The van der Waals surface area contributed by atoms with Crippen LogP contribution in [-0.4, -0.2) is 10.1 Å². The van der Waals surface area contributed by atoms with Crippen LogP contribution in [0.15, 0.2) is 18.3 Å². The van der Waals surface area contributed by atoms with Crippen molar-refractivity contribution in [3.05, 3.63) is 51.2 Å². The van der Waals surface area contributed by atoms with E-state index in [0.717, 1.165) is 6.20 Å². The Bertz CT molecular complexity index is 615. The normalized spacial score (nSPS) is 13.6. The van der Waals surface area contributed by atoms with Crippen molar-refractivity contribution < 1.29 is 31.4 Å². The smallest absolute Gasteiger partial charge is 0.383 e. The van der Waals surface area contributed by atoms with Gasteiger partial charge >= 0.3 is 6.18 Å². The monoisotopic (exact) mass is 313 g/mol. The van der Waals surface area contributed by atoms with Crippen LogP contribution >= 0.6 is 11.3 Å². The van der Waals surface area contributed by atoms with E-state index >= 15 is 0 Å². The summed E-state index contributed by atoms with van der Waals surface area (Å²) in [6.45, 7) is 0. The molecule has 1 aromatic carbocycles. The van der Waals surface area contributed by atoms with E-state index < -0.39 is 40.3 Å². The van der Waals surface area contributed by atoms with E-state index in [-0.39, 0.29) is 16.2 Å². The second-order valence-corrected chi connectivity index (χ2v) is 4.83. The van der Waals surface area contributed by atoms with Crippen molar-refractivity contribution in [2.45, 2.75) is 12.3 Å². The largest absolute Gasteiger partial charge is 0.443 e. The van der Waals surface area contributed by atoms with Gasteiger partial charge < -0.3 is 5.11 Å². The van der Waals surface area contributed by atoms with Crippen molar-refractivity contribution in [3.63, 3.8) is 0 Å². The molecule has 20 heavy (non-hydrogen) atoms. The highest BCUT2D eigenvalue weighted by Gasteiger charge is 2.35. The predicted octanol–water partition coefficient (Wildman–Crippen LogP) is 3.66. The minimum absolute atomic E-state index is 0.134. The van der Waals surface area contributed by atoms with Gasteiger partial charge in [0.25, 0.3) is 0 Å². The van der Waals surface area contributed by atoms with Gasteiger partial charge in [0.05, 0.1) is 4.88 Å². The fraction of sp³-hybridized carbons (Fsp3) is 0.182. The summed E-state index contributed by atoms with van der Waals surface area (Å²) >= 11 is 0.134. The first kappa shape index (κ1) is 14.8. The van der Waals surface area contributed by atoms with Crippen LogP contribution in [0.5, 0.6) is 0 Å². The standard InChI is InChI=1S/C11H5F6NOS/c12-5-1-4(2-6(13)8(5)14)9(19)7-3-18-10(20-7)11(15,16)17/h1-3,9,19H. The molecule has 0 fully saturated rings. The van der Waals surface area contributed by atoms with Crippen LogP contribution in [0.3, 0.4) is 0 Å². The van der Waals surface area contributed by atoms with E-state index in [2.05, 4.69) is 4.98 Å². The number of hydrogen-bond donors (Lipinski definition) is 1. The van der Waals surface area contributed by atoms with Crippen LogP contribution in [-0.2, 0) is 6.18 Å². The predicted molar refractivity (Wildman–Crippen MR) is 57.5 cm³/mol. The minimum atomic E-state index is -4.68. The van der Waals surface area contributed by atoms with E-state index in [9.17, 15) is 31.4 Å². The second-order valence-electron chi connectivity index (χ2n) is 3.77. The van der Waals surface area contributed by atoms with Gasteiger partial charge in [-0.2, -0.15) is 13.2 Å². The van der Waals surface area contributed by atoms with Crippen molar-refractivity contribution in [1.82, 2.24) is 4.98 Å². The van der Waals surface area contributed by atoms with Crippen molar-refractivity contribution in [3.8, 4) is 0 Å². The van der Waals surface area contributed by atoms with Crippen molar-refractivity contribution in [1.29, 1.82) is 0 Å². The maximum atomic E-state index is 13.0. The molecule has 1 unspecified atom stereocenters. The lowest BCUT2D eigenvalue weighted by Crippen LogP contribution is -2.03. The van der Waals surface area contributed by atoms with E-state index in [0.29, 0.717) is 12.1 Å². The van der Waals surface area contributed by atoms with Crippen LogP contribution < -0.4 is 0 Å². The molecule has 2 aromatic rings. The molecular weight excluding hydrogens is 308 g/mol. The number of rotatable bonds is 2. The SMILES string of the molecule is OC(c1cc(F)c(F)c(F)c1)c1cnc(C(F)(F)F)s1. The summed E-state index contributed by atoms with van der Waals surface area (Å²) < 4.78 is 75.8. The van der Waals surface area contributed by atoms with Crippen LogP contribution in [0, 0.1) is 17.5 Å². The van der Waals surface area contributed by atoms with Gasteiger partial charge in [0.2, 0.25) is 0 Å². The number of hydrogen-bond acceptors (Lipinski definition) is 3. The Balaban J connectivity index is 2.36. The molecule has 1 heterocycles. The number of nitrogens with zero attached hydrogens (tertiary/aromatic N) is 1. The summed E-state index contributed by atoms with van der Waals surface area (Å²) in [4.78, 5) is 2.81. The van der Waals surface area contributed by atoms with Gasteiger partial charge in [-0.3, -0.25) is 0 Å². The molecule has 0 saturated carbocycles. The van der Waals surface area contributed by atoms with E-state index in [1.165, 1.54) is 0 Å². The van der Waals surface area contributed by atoms with Gasteiger partial charge in [0.15, 0.2) is 22.5 Å². The Labute approximate surface area is 112 Å². The highest BCUT2D eigenvalue weighted by Crippen LogP contribution is 2.36. The fourth-order valence-electron chi connectivity index (χ4n) is 1.44. The summed E-state index contributed by atoms with van der Waals surface area (Å²) in [5.41, 5.74) is -0.404. The molecule has 108 valence electrons. The topological polar surface area (TPSA) is 33.1 Å². The first-order valence-electron chi connectivity index (χ1n) is 5.05. The van der Waals surface area contributed by atoms with Gasteiger partial charge in [-0.15, -0.1) is 11.3 Å². The molecule has 2 nitrogen and oxygen atoms in total. The molecule has 9 heteroatoms. The van der Waals surface area contributed by atoms with Crippen LogP contribution in [0.2, 0.25) is 0 Å². The molecule has 1 N–H and O–H groups in total. The summed E-state index contributed by atoms with van der Waals surface area (Å²) in [6.07, 6.45) is -5.66. The van der Waals surface area contributed by atoms with Crippen molar-refractivity contribution in [2.24, 2.45) is 0 Å². The lowest BCUT2D eigenvalue weighted by Gasteiger charge is -2.09. The summed E-state index contributed by atoms with van der Waals surface area (Å²) in [5.74, 6) is -4.81. The van der Waals surface area contributed by atoms with Gasteiger partial charge in [0.1, 0.15) is 6.10 Å². The third kappa shape index (κ3) is 2.78. The number of halogens is 6. The number of aliphatic hydroxyl groups excluding tert-OH is 1. The average molecular weight is 313 g/mol. The third-order valence-corrected chi connectivity index (χ3v) is 3.45. The van der Waals surface area contributed by atoms with Crippen LogP contribution in [0.4, 0.5) is 26.3 Å². The highest BCUT2D eigenvalue weighted by molar-refractivity contribution is 7.11. The third-order valence-electron chi connectivity index (χ3n) is 2.36. The number of benzene rings is 1. The average Bonchev–Trinajstić information content (AvgIpc) is 2.83. The maximum Gasteiger partial charge on any atom is 0.443 e. The van der Waals surface area contributed by atoms with Crippen molar-refractivity contribution >= 4 is 11.3 Å². The first-order chi connectivity index (χ1) is 9.20. The van der Waals surface area contributed by atoms with Gasteiger partial charge in [-0.1, -0.05) is 0 Å². The molecule has 0 aliphatic rings. The highest BCUT2D eigenvalue weighted by atomic mass is 32.1. The lowest BCUT2D eigenvalue weighted by molar-refractivity contribution is -0.137. The van der Waals surface area contributed by atoms with E-state index in [1.54, 1.807) is 0 Å². The number of thiazole rings is 1. The number of alkyl halides is 3. The molecule has 0 radical (unpaired) electrons. The first-order valence-corrected chi connectivity index (χ1v) is 5.87. The molecule has 0 aliphatic heterocycles. The number of aliphatic hydroxyl groups is 1. The molecular formula is C11H5F6NOS. The molecule has 0 spiro atoms. The zero-order chi connectivity index (χ0) is 15.1. The fourth-order valence-corrected chi connectivity index (χ4v) is 2.24. The van der Waals surface area contributed by atoms with Crippen molar-refractivity contribution in [2.75, 3.05) is 0 Å². The van der Waals surface area contributed by atoms with Crippen LogP contribution in [0.1, 0.15) is 21.6 Å².